The molecule has 0 spiro atoms. The van der Waals surface area contributed by atoms with E-state index in [0.29, 0.717) is 6.54 Å². The Hall–Kier alpha value is -2.74. The summed E-state index contributed by atoms with van der Waals surface area (Å²) in [6, 6.07) is 5.00. The summed E-state index contributed by atoms with van der Waals surface area (Å²) in [7, 11) is 3.80. The molecule has 1 amide bonds. The Kier molecular flexibility index (Phi) is 4.99. The first-order valence-electron chi connectivity index (χ1n) is 7.53. The summed E-state index contributed by atoms with van der Waals surface area (Å²) in [6.07, 6.45) is 0. The van der Waals surface area contributed by atoms with Crippen LogP contribution in [0.25, 0.3) is 0 Å². The zero-order chi connectivity index (χ0) is 18.0. The van der Waals surface area contributed by atoms with Crippen molar-refractivity contribution >= 4 is 17.4 Å². The molecule has 0 unspecified atom stereocenters. The van der Waals surface area contributed by atoms with E-state index in [2.05, 4.69) is 0 Å². The molecule has 1 aromatic carbocycles. The first kappa shape index (κ1) is 17.6. The van der Waals surface area contributed by atoms with Crippen LogP contribution in [0.5, 0.6) is 0 Å². The number of carbonyl (C=O) groups is 2. The average Bonchev–Trinajstić information content (AvgIpc) is 2.77. The number of aliphatic hydroxyl groups is 1. The molecule has 2 N–H and O–H groups in total. The van der Waals surface area contributed by atoms with Gasteiger partial charge in [0, 0.05) is 6.07 Å². The highest BCUT2D eigenvalue weighted by Gasteiger charge is 2.44. The number of para-hydroxylation sites is 1. The van der Waals surface area contributed by atoms with Gasteiger partial charge < -0.3 is 14.9 Å². The number of rotatable bonds is 6. The van der Waals surface area contributed by atoms with Gasteiger partial charge in [-0.2, -0.15) is 0 Å². The molecule has 1 aromatic rings. The van der Waals surface area contributed by atoms with Gasteiger partial charge in [0.05, 0.1) is 49.3 Å². The van der Waals surface area contributed by atoms with Crippen LogP contribution in [0.3, 0.4) is 0 Å². The molecule has 2 rings (SSSR count). The van der Waals surface area contributed by atoms with E-state index in [9.17, 15) is 24.8 Å². The van der Waals surface area contributed by atoms with Crippen molar-refractivity contribution in [1.82, 2.24) is 4.90 Å². The molecule has 0 bridgehead atoms. The van der Waals surface area contributed by atoms with E-state index in [4.69, 9.17) is 0 Å². The molecule has 0 saturated carbocycles. The van der Waals surface area contributed by atoms with Crippen molar-refractivity contribution in [2.45, 2.75) is 13.0 Å². The molecule has 24 heavy (non-hydrogen) atoms. The second-order valence-electron chi connectivity index (χ2n) is 5.99. The number of quaternary nitrogens is 1. The second kappa shape index (κ2) is 6.79. The molecule has 0 fully saturated rings. The molecule has 128 valence electrons. The summed E-state index contributed by atoms with van der Waals surface area (Å²) in [5, 5.41) is 21.4. The molecular weight excluding hydrogens is 314 g/mol. The van der Waals surface area contributed by atoms with Gasteiger partial charge in [-0.15, -0.1) is 0 Å². The molecule has 1 heterocycles. The van der Waals surface area contributed by atoms with Gasteiger partial charge >= 0.3 is 0 Å². The number of nitrogens with one attached hydrogen (secondary N) is 1. The molecule has 8 heteroatoms. The minimum absolute atomic E-state index is 0.0944. The van der Waals surface area contributed by atoms with E-state index in [-0.39, 0.29) is 23.4 Å². The fourth-order valence-corrected chi connectivity index (χ4v) is 2.80. The van der Waals surface area contributed by atoms with E-state index in [1.165, 1.54) is 30.0 Å². The number of nitro benzene ring substituents is 1. The number of nitrogens with zero attached hydrogens (tertiary/aromatic N) is 2. The van der Waals surface area contributed by atoms with Gasteiger partial charge in [0.15, 0.2) is 11.5 Å². The topological polar surface area (TPSA) is 105 Å². The van der Waals surface area contributed by atoms with Crippen LogP contribution in [0, 0.1) is 10.1 Å². The van der Waals surface area contributed by atoms with Crippen LogP contribution in [0.1, 0.15) is 18.5 Å². The zero-order valence-electron chi connectivity index (χ0n) is 13.8. The number of benzene rings is 1. The van der Waals surface area contributed by atoms with E-state index >= 15 is 0 Å². The van der Waals surface area contributed by atoms with Gasteiger partial charge in [0.1, 0.15) is 0 Å². The van der Waals surface area contributed by atoms with Crippen LogP contribution in [0.4, 0.5) is 5.69 Å². The smallest absolute Gasteiger partial charge is 0.290 e. The molecule has 1 aliphatic heterocycles. The number of Topliss-reactive ketones (excluding diaryl/α,β-unsaturated/α-hetero) is 1. The first-order valence-corrected chi connectivity index (χ1v) is 7.53. The Morgan fingerprint density at radius 3 is 2.54 bits per heavy atom. The maximum absolute atomic E-state index is 12.4. The minimum Gasteiger partial charge on any atom is -0.503 e. The van der Waals surface area contributed by atoms with Gasteiger partial charge in [-0.25, -0.2) is 0 Å². The highest BCUT2D eigenvalue weighted by molar-refractivity contribution is 6.08. The van der Waals surface area contributed by atoms with Crippen LogP contribution in [0.15, 0.2) is 35.6 Å². The lowest BCUT2D eigenvalue weighted by Gasteiger charge is -2.26. The molecule has 1 aliphatic rings. The average molecular weight is 334 g/mol. The van der Waals surface area contributed by atoms with E-state index in [1.54, 1.807) is 6.07 Å². The van der Waals surface area contributed by atoms with Crippen LogP contribution < -0.4 is 4.90 Å². The SMILES string of the molecule is CC(=O)C1=C(O)C(=O)N(CC[NH+](C)C)[C@@H]1c1ccccc1[N+](=O)[O-]. The molecule has 0 aliphatic carbocycles. The van der Waals surface area contributed by atoms with Crippen molar-refractivity contribution in [2.24, 2.45) is 0 Å². The van der Waals surface area contributed by atoms with Gasteiger partial charge in [-0.1, -0.05) is 12.1 Å². The Labute approximate surface area is 139 Å². The standard InChI is InChI=1S/C16H19N3O5/c1-10(20)13-14(11-6-4-5-7-12(11)19(23)24)18(9-8-17(2)3)16(22)15(13)21/h4-7,14,21H,8-9H2,1-3H3/p+1/t14-/m1/s1. The molecule has 0 radical (unpaired) electrons. The van der Waals surface area contributed by atoms with Crippen molar-refractivity contribution < 1.29 is 24.5 Å². The van der Waals surface area contributed by atoms with Crippen LogP contribution in [-0.2, 0) is 9.59 Å². The minimum atomic E-state index is -0.948. The third-order valence-corrected chi connectivity index (χ3v) is 3.96. The third-order valence-electron chi connectivity index (χ3n) is 3.96. The lowest BCUT2D eigenvalue weighted by molar-refractivity contribution is -0.857. The Balaban J connectivity index is 2.57. The van der Waals surface area contributed by atoms with Crippen molar-refractivity contribution in [3.8, 4) is 0 Å². The normalized spacial score (nSPS) is 17.8. The predicted octanol–water partition coefficient (Wildman–Crippen LogP) is 0.0237. The number of carbonyl (C=O) groups excluding carboxylic acids is 2. The van der Waals surface area contributed by atoms with Crippen LogP contribution in [-0.4, -0.2) is 53.8 Å². The second-order valence-corrected chi connectivity index (χ2v) is 5.99. The molecule has 0 saturated heterocycles. The Bertz CT molecular complexity index is 726. The number of likely N-dealkylation sites (N-methyl/N-ethyl adjacent to an activating group) is 1. The van der Waals surface area contributed by atoms with Gasteiger partial charge in [0.2, 0.25) is 0 Å². The van der Waals surface area contributed by atoms with Crippen molar-refractivity contribution in [3.05, 3.63) is 51.3 Å². The van der Waals surface area contributed by atoms with Gasteiger partial charge in [-0.05, 0) is 13.0 Å². The van der Waals surface area contributed by atoms with Gasteiger partial charge in [0.25, 0.3) is 11.6 Å². The van der Waals surface area contributed by atoms with Crippen molar-refractivity contribution in [2.75, 3.05) is 27.2 Å². The number of hydrogen-bond donors (Lipinski definition) is 2. The number of amides is 1. The Morgan fingerprint density at radius 2 is 2.00 bits per heavy atom. The lowest BCUT2D eigenvalue weighted by Crippen LogP contribution is -3.06. The monoisotopic (exact) mass is 334 g/mol. The zero-order valence-corrected chi connectivity index (χ0v) is 13.8. The van der Waals surface area contributed by atoms with Crippen LogP contribution in [0.2, 0.25) is 0 Å². The van der Waals surface area contributed by atoms with E-state index in [0.717, 1.165) is 4.90 Å². The molecular formula is C16H20N3O5+. The molecule has 1 atom stereocenters. The summed E-state index contributed by atoms with van der Waals surface area (Å²) < 4.78 is 0. The fraction of sp³-hybridized carbons (Fsp3) is 0.375. The summed E-state index contributed by atoms with van der Waals surface area (Å²) in [4.78, 5) is 37.5. The largest absolute Gasteiger partial charge is 0.503 e. The number of ketones is 1. The lowest BCUT2D eigenvalue weighted by atomic mass is 9.95. The van der Waals surface area contributed by atoms with Crippen LogP contribution >= 0.6 is 0 Å². The third kappa shape index (κ3) is 3.13. The van der Waals surface area contributed by atoms with Crippen molar-refractivity contribution in [1.29, 1.82) is 0 Å². The summed E-state index contributed by atoms with van der Waals surface area (Å²) in [6.45, 7) is 2.07. The molecule has 8 nitrogen and oxygen atoms in total. The maximum Gasteiger partial charge on any atom is 0.290 e. The quantitative estimate of drug-likeness (QED) is 0.564. The number of aliphatic hydroxyl groups excluding tert-OH is 1. The van der Waals surface area contributed by atoms with Crippen molar-refractivity contribution in [3.63, 3.8) is 0 Å². The Morgan fingerprint density at radius 1 is 1.38 bits per heavy atom. The van der Waals surface area contributed by atoms with Gasteiger partial charge in [-0.3, -0.25) is 19.7 Å². The highest BCUT2D eigenvalue weighted by atomic mass is 16.6. The molecule has 0 aromatic heterocycles. The summed E-state index contributed by atoms with van der Waals surface area (Å²) in [5.41, 5.74) is -0.0622. The summed E-state index contributed by atoms with van der Waals surface area (Å²) >= 11 is 0. The number of hydrogen-bond acceptors (Lipinski definition) is 5. The number of nitro groups is 1. The van der Waals surface area contributed by atoms with E-state index in [1.807, 2.05) is 14.1 Å². The first-order chi connectivity index (χ1) is 11.3. The summed E-state index contributed by atoms with van der Waals surface area (Å²) in [5.74, 6) is -1.78. The fourth-order valence-electron chi connectivity index (χ4n) is 2.80. The maximum atomic E-state index is 12.4. The van der Waals surface area contributed by atoms with E-state index < -0.39 is 28.4 Å². The highest BCUT2D eigenvalue weighted by Crippen LogP contribution is 2.40. The predicted molar refractivity (Wildman–Crippen MR) is 85.6 cm³/mol.